The van der Waals surface area contributed by atoms with Crippen LogP contribution in [0.25, 0.3) is 16.7 Å². The lowest BCUT2D eigenvalue weighted by molar-refractivity contribution is -0.136. The largest absolute Gasteiger partial charge is 0.418 e. The number of anilines is 1. The lowest BCUT2D eigenvalue weighted by Crippen LogP contribution is -2.26. The van der Waals surface area contributed by atoms with Gasteiger partial charge < -0.3 is 4.90 Å². The van der Waals surface area contributed by atoms with Crippen LogP contribution in [0.3, 0.4) is 0 Å². The van der Waals surface area contributed by atoms with Gasteiger partial charge in [-0.15, -0.1) is 0 Å². The van der Waals surface area contributed by atoms with Crippen LogP contribution >= 0.6 is 31.9 Å². The zero-order chi connectivity index (χ0) is 22.3. The molecule has 1 aromatic carbocycles. The highest BCUT2D eigenvalue weighted by Crippen LogP contribution is 2.39. The molecule has 0 saturated heterocycles. The SMILES string of the molecule is CC(c1ncnn1-c1ccc(Br)cn1)N(C)c1ncnc2c(C(F)(F)F)cc(Br)cc12. The number of pyridine rings is 1. The number of aromatic nitrogens is 6. The van der Waals surface area contributed by atoms with Crippen LogP contribution < -0.4 is 4.90 Å². The number of benzene rings is 1. The monoisotopic (exact) mass is 555 g/mol. The molecule has 0 radical (unpaired) electrons. The molecule has 7 nitrogen and oxygen atoms in total. The lowest BCUT2D eigenvalue weighted by atomic mass is 10.1. The van der Waals surface area contributed by atoms with Crippen molar-refractivity contribution in [2.24, 2.45) is 0 Å². The Kier molecular flexibility index (Phi) is 5.69. The Labute approximate surface area is 191 Å². The van der Waals surface area contributed by atoms with Gasteiger partial charge in [0.2, 0.25) is 0 Å². The first-order valence-corrected chi connectivity index (χ1v) is 10.5. The molecule has 4 rings (SSSR count). The number of alkyl halides is 3. The first-order chi connectivity index (χ1) is 14.7. The fourth-order valence-electron chi connectivity index (χ4n) is 3.18. The van der Waals surface area contributed by atoms with Crippen LogP contribution in [0.4, 0.5) is 19.0 Å². The summed E-state index contributed by atoms with van der Waals surface area (Å²) in [5, 5.41) is 4.52. The van der Waals surface area contributed by atoms with E-state index in [1.165, 1.54) is 6.33 Å². The lowest BCUT2D eigenvalue weighted by Gasteiger charge is -2.26. The normalized spacial score (nSPS) is 12.9. The molecular weight excluding hydrogens is 543 g/mol. The van der Waals surface area contributed by atoms with Gasteiger partial charge in [0.25, 0.3) is 0 Å². The Morgan fingerprint density at radius 1 is 1.00 bits per heavy atom. The summed E-state index contributed by atoms with van der Waals surface area (Å²) in [6.07, 6.45) is -0.376. The zero-order valence-electron chi connectivity index (χ0n) is 16.1. The summed E-state index contributed by atoms with van der Waals surface area (Å²) in [6, 6.07) is 5.81. The molecule has 0 aliphatic carbocycles. The number of nitrogens with zero attached hydrogens (tertiary/aromatic N) is 7. The Morgan fingerprint density at radius 2 is 1.77 bits per heavy atom. The van der Waals surface area contributed by atoms with Gasteiger partial charge in [0.15, 0.2) is 11.6 Å². The van der Waals surface area contributed by atoms with Crippen LogP contribution in [0.15, 0.2) is 52.1 Å². The van der Waals surface area contributed by atoms with Gasteiger partial charge in [0.05, 0.1) is 17.1 Å². The van der Waals surface area contributed by atoms with Gasteiger partial charge in [-0.05, 0) is 47.1 Å². The highest BCUT2D eigenvalue weighted by Gasteiger charge is 2.34. The molecule has 3 aromatic heterocycles. The van der Waals surface area contributed by atoms with Crippen LogP contribution in [0, 0.1) is 0 Å². The molecule has 0 aliphatic heterocycles. The van der Waals surface area contributed by atoms with Crippen LogP contribution in [0.1, 0.15) is 24.4 Å². The van der Waals surface area contributed by atoms with Crippen molar-refractivity contribution in [2.45, 2.75) is 19.1 Å². The topological polar surface area (TPSA) is 72.6 Å². The van der Waals surface area contributed by atoms with E-state index in [1.54, 1.807) is 35.0 Å². The summed E-state index contributed by atoms with van der Waals surface area (Å²) in [6.45, 7) is 1.86. The average Bonchev–Trinajstić information content (AvgIpc) is 3.21. The number of halogens is 5. The minimum atomic E-state index is -4.55. The van der Waals surface area contributed by atoms with Gasteiger partial charge in [-0.25, -0.2) is 19.9 Å². The summed E-state index contributed by atoms with van der Waals surface area (Å²) in [7, 11) is 1.73. The molecule has 1 atom stereocenters. The number of hydrogen-bond acceptors (Lipinski definition) is 6. The maximum absolute atomic E-state index is 13.6. The summed E-state index contributed by atoms with van der Waals surface area (Å²) in [5.41, 5.74) is -1.00. The predicted molar refractivity (Wildman–Crippen MR) is 116 cm³/mol. The molecule has 4 aromatic rings. The third kappa shape index (κ3) is 4.13. The van der Waals surface area contributed by atoms with Gasteiger partial charge >= 0.3 is 6.18 Å². The average molecular weight is 557 g/mol. The summed E-state index contributed by atoms with van der Waals surface area (Å²) >= 11 is 6.51. The van der Waals surface area contributed by atoms with E-state index in [-0.39, 0.29) is 21.4 Å². The summed E-state index contributed by atoms with van der Waals surface area (Å²) < 4.78 is 43.3. The highest BCUT2D eigenvalue weighted by atomic mass is 79.9. The molecule has 12 heteroatoms. The molecule has 0 saturated carbocycles. The first kappa shape index (κ1) is 21.6. The van der Waals surface area contributed by atoms with E-state index in [0.29, 0.717) is 17.5 Å². The molecule has 0 bridgehead atoms. The molecule has 160 valence electrons. The van der Waals surface area contributed by atoms with E-state index >= 15 is 0 Å². The van der Waals surface area contributed by atoms with Crippen molar-refractivity contribution in [3.05, 3.63) is 63.5 Å². The van der Waals surface area contributed by atoms with E-state index in [1.807, 2.05) is 13.0 Å². The number of fused-ring (bicyclic) bond motifs is 1. The van der Waals surface area contributed by atoms with Crippen LogP contribution in [0.5, 0.6) is 0 Å². The van der Waals surface area contributed by atoms with Gasteiger partial charge in [-0.1, -0.05) is 15.9 Å². The van der Waals surface area contributed by atoms with Crippen molar-refractivity contribution in [1.29, 1.82) is 0 Å². The maximum Gasteiger partial charge on any atom is 0.418 e. The van der Waals surface area contributed by atoms with Crippen molar-refractivity contribution < 1.29 is 13.2 Å². The van der Waals surface area contributed by atoms with E-state index in [2.05, 4.69) is 56.9 Å². The summed E-state index contributed by atoms with van der Waals surface area (Å²) in [5.74, 6) is 1.45. The molecule has 0 aliphatic rings. The first-order valence-electron chi connectivity index (χ1n) is 8.93. The van der Waals surface area contributed by atoms with Crippen molar-refractivity contribution in [3.8, 4) is 5.82 Å². The molecule has 1 unspecified atom stereocenters. The zero-order valence-corrected chi connectivity index (χ0v) is 19.3. The van der Waals surface area contributed by atoms with E-state index in [9.17, 15) is 13.2 Å². The van der Waals surface area contributed by atoms with Crippen molar-refractivity contribution >= 4 is 48.6 Å². The second kappa shape index (κ2) is 8.15. The predicted octanol–water partition coefficient (Wildman–Crippen LogP) is 5.35. The molecule has 0 spiro atoms. The summed E-state index contributed by atoms with van der Waals surface area (Å²) in [4.78, 5) is 18.6. The van der Waals surface area contributed by atoms with Crippen molar-refractivity contribution in [1.82, 2.24) is 29.7 Å². The van der Waals surface area contributed by atoms with Gasteiger partial charge in [0, 0.05) is 27.6 Å². The van der Waals surface area contributed by atoms with Crippen LogP contribution in [-0.2, 0) is 6.18 Å². The second-order valence-electron chi connectivity index (χ2n) is 6.70. The quantitative estimate of drug-likeness (QED) is 0.337. The Morgan fingerprint density at radius 3 is 2.45 bits per heavy atom. The maximum atomic E-state index is 13.6. The number of hydrogen-bond donors (Lipinski definition) is 0. The Bertz CT molecular complexity index is 1240. The highest BCUT2D eigenvalue weighted by molar-refractivity contribution is 9.10. The molecule has 0 N–H and O–H groups in total. The molecule has 0 amide bonds. The molecule has 0 fully saturated rings. The van der Waals surface area contributed by atoms with Gasteiger partial charge in [-0.3, -0.25) is 0 Å². The number of rotatable bonds is 4. The third-order valence-corrected chi connectivity index (χ3v) is 5.71. The van der Waals surface area contributed by atoms with Crippen molar-refractivity contribution in [3.63, 3.8) is 0 Å². The molecule has 31 heavy (non-hydrogen) atoms. The van der Waals surface area contributed by atoms with Crippen LogP contribution in [0.2, 0.25) is 0 Å². The minimum absolute atomic E-state index is 0.171. The third-order valence-electron chi connectivity index (χ3n) is 4.78. The van der Waals surface area contributed by atoms with Gasteiger partial charge in [-0.2, -0.15) is 23.0 Å². The molecule has 3 heterocycles. The van der Waals surface area contributed by atoms with Crippen molar-refractivity contribution in [2.75, 3.05) is 11.9 Å². The smallest absolute Gasteiger partial charge is 0.349 e. The second-order valence-corrected chi connectivity index (χ2v) is 8.53. The van der Waals surface area contributed by atoms with E-state index in [4.69, 9.17) is 0 Å². The Balaban J connectivity index is 1.79. The standard InChI is InChI=1S/C19H14Br2F3N7/c1-10(17-28-9-29-31(17)15-4-3-11(20)7-25-15)30(2)18-13-5-12(21)6-14(19(22,23)24)16(13)26-8-27-18/h3-10H,1-2H3. The molecular formula is C19H14Br2F3N7. The van der Waals surface area contributed by atoms with E-state index < -0.39 is 11.7 Å². The van der Waals surface area contributed by atoms with Crippen LogP contribution in [-0.4, -0.2) is 36.8 Å². The fraction of sp³-hybridized carbons (Fsp3) is 0.211. The fourth-order valence-corrected chi connectivity index (χ4v) is 3.87. The van der Waals surface area contributed by atoms with Gasteiger partial charge in [0.1, 0.15) is 18.5 Å². The minimum Gasteiger partial charge on any atom is -0.349 e. The Hall–Kier alpha value is -2.60. The van der Waals surface area contributed by atoms with E-state index in [0.717, 1.165) is 16.9 Å².